The SMILES string of the molecule is COc1ccc(Cn2ccc3cc(CN)ccc32)cc1F. The van der Waals surface area contributed by atoms with E-state index in [1.165, 1.54) is 13.2 Å². The number of nitrogens with zero attached hydrogens (tertiary/aromatic N) is 1. The molecule has 0 aliphatic heterocycles. The minimum Gasteiger partial charge on any atom is -0.494 e. The Kier molecular flexibility index (Phi) is 3.62. The molecule has 1 heterocycles. The third kappa shape index (κ3) is 2.62. The summed E-state index contributed by atoms with van der Waals surface area (Å²) in [5.41, 5.74) is 8.77. The van der Waals surface area contributed by atoms with E-state index in [1.807, 2.05) is 24.4 Å². The summed E-state index contributed by atoms with van der Waals surface area (Å²) in [6.07, 6.45) is 2.01. The van der Waals surface area contributed by atoms with E-state index in [1.54, 1.807) is 6.07 Å². The Labute approximate surface area is 122 Å². The zero-order chi connectivity index (χ0) is 14.8. The fourth-order valence-electron chi connectivity index (χ4n) is 2.52. The van der Waals surface area contributed by atoms with E-state index in [2.05, 4.69) is 16.7 Å². The van der Waals surface area contributed by atoms with Gasteiger partial charge in [0.1, 0.15) is 0 Å². The number of hydrogen-bond donors (Lipinski definition) is 1. The van der Waals surface area contributed by atoms with Gasteiger partial charge in [0.15, 0.2) is 11.6 Å². The average Bonchev–Trinajstić information content (AvgIpc) is 2.89. The van der Waals surface area contributed by atoms with Crippen LogP contribution in [0.4, 0.5) is 4.39 Å². The molecule has 0 aliphatic carbocycles. The summed E-state index contributed by atoms with van der Waals surface area (Å²) in [7, 11) is 1.46. The van der Waals surface area contributed by atoms with Crippen LogP contribution in [0.1, 0.15) is 11.1 Å². The number of fused-ring (bicyclic) bond motifs is 1. The Morgan fingerprint density at radius 2 is 1.90 bits per heavy atom. The van der Waals surface area contributed by atoms with Crippen LogP contribution in [0.2, 0.25) is 0 Å². The Morgan fingerprint density at radius 1 is 1.10 bits per heavy atom. The molecule has 0 saturated heterocycles. The van der Waals surface area contributed by atoms with E-state index in [-0.39, 0.29) is 11.6 Å². The maximum atomic E-state index is 13.7. The molecule has 0 amide bonds. The van der Waals surface area contributed by atoms with Crippen molar-refractivity contribution >= 4 is 10.9 Å². The largest absolute Gasteiger partial charge is 0.494 e. The quantitative estimate of drug-likeness (QED) is 0.798. The summed E-state index contributed by atoms with van der Waals surface area (Å²) >= 11 is 0. The van der Waals surface area contributed by atoms with Gasteiger partial charge < -0.3 is 15.0 Å². The maximum absolute atomic E-state index is 13.7. The molecule has 1 aromatic heterocycles. The van der Waals surface area contributed by atoms with Gasteiger partial charge in [0, 0.05) is 24.8 Å². The van der Waals surface area contributed by atoms with E-state index in [0.717, 1.165) is 22.0 Å². The van der Waals surface area contributed by atoms with Gasteiger partial charge in [-0.05, 0) is 46.8 Å². The molecule has 0 spiro atoms. The van der Waals surface area contributed by atoms with Crippen LogP contribution in [0, 0.1) is 5.82 Å². The molecule has 0 radical (unpaired) electrons. The molecule has 108 valence electrons. The van der Waals surface area contributed by atoms with Crippen LogP contribution in [0.15, 0.2) is 48.7 Å². The minimum atomic E-state index is -0.336. The second kappa shape index (κ2) is 5.58. The van der Waals surface area contributed by atoms with Crippen LogP contribution in [-0.2, 0) is 13.1 Å². The van der Waals surface area contributed by atoms with Crippen LogP contribution < -0.4 is 10.5 Å². The molecular weight excluding hydrogens is 267 g/mol. The van der Waals surface area contributed by atoms with Crippen molar-refractivity contribution in [3.63, 3.8) is 0 Å². The topological polar surface area (TPSA) is 40.2 Å². The number of hydrogen-bond acceptors (Lipinski definition) is 2. The zero-order valence-corrected chi connectivity index (χ0v) is 11.8. The number of ether oxygens (including phenoxy) is 1. The second-order valence-electron chi connectivity index (χ2n) is 5.01. The van der Waals surface area contributed by atoms with E-state index in [9.17, 15) is 4.39 Å². The number of nitrogens with two attached hydrogens (primary N) is 1. The van der Waals surface area contributed by atoms with Crippen molar-refractivity contribution in [1.82, 2.24) is 4.57 Å². The molecule has 3 rings (SSSR count). The molecule has 0 aliphatic rings. The van der Waals surface area contributed by atoms with Gasteiger partial charge in [-0.1, -0.05) is 12.1 Å². The smallest absolute Gasteiger partial charge is 0.165 e. The van der Waals surface area contributed by atoms with Crippen LogP contribution in [0.3, 0.4) is 0 Å². The highest BCUT2D eigenvalue weighted by Gasteiger charge is 2.06. The van der Waals surface area contributed by atoms with Crippen molar-refractivity contribution in [3.05, 3.63) is 65.6 Å². The molecule has 0 unspecified atom stereocenters. The van der Waals surface area contributed by atoms with Gasteiger partial charge in [-0.25, -0.2) is 4.39 Å². The number of aromatic nitrogens is 1. The molecule has 0 saturated carbocycles. The highest BCUT2D eigenvalue weighted by atomic mass is 19.1. The first-order chi connectivity index (χ1) is 10.2. The van der Waals surface area contributed by atoms with Gasteiger partial charge >= 0.3 is 0 Å². The van der Waals surface area contributed by atoms with Gasteiger partial charge in [0.2, 0.25) is 0 Å². The van der Waals surface area contributed by atoms with Crippen molar-refractivity contribution in [2.75, 3.05) is 7.11 Å². The molecule has 2 aromatic carbocycles. The maximum Gasteiger partial charge on any atom is 0.165 e. The lowest BCUT2D eigenvalue weighted by atomic mass is 10.1. The van der Waals surface area contributed by atoms with E-state index in [0.29, 0.717) is 13.1 Å². The van der Waals surface area contributed by atoms with E-state index < -0.39 is 0 Å². The fraction of sp³-hybridized carbons (Fsp3) is 0.176. The Hall–Kier alpha value is -2.33. The average molecular weight is 284 g/mol. The van der Waals surface area contributed by atoms with Crippen molar-refractivity contribution in [1.29, 1.82) is 0 Å². The van der Waals surface area contributed by atoms with Gasteiger partial charge in [0.05, 0.1) is 7.11 Å². The molecule has 3 aromatic rings. The normalized spacial score (nSPS) is 11.0. The van der Waals surface area contributed by atoms with Gasteiger partial charge in [0.25, 0.3) is 0 Å². The lowest BCUT2D eigenvalue weighted by molar-refractivity contribution is 0.386. The van der Waals surface area contributed by atoms with Gasteiger partial charge in [-0.15, -0.1) is 0 Å². The lowest BCUT2D eigenvalue weighted by Crippen LogP contribution is -2.00. The number of halogens is 1. The number of rotatable bonds is 4. The molecule has 2 N–H and O–H groups in total. The predicted octanol–water partition coefficient (Wildman–Crippen LogP) is 3.30. The van der Waals surface area contributed by atoms with E-state index >= 15 is 0 Å². The second-order valence-corrected chi connectivity index (χ2v) is 5.01. The van der Waals surface area contributed by atoms with Crippen LogP contribution in [-0.4, -0.2) is 11.7 Å². The summed E-state index contributed by atoms with van der Waals surface area (Å²) in [6, 6.07) is 13.3. The standard InChI is InChI=1S/C17H17FN2O/c1-21-17-5-3-13(9-15(17)18)11-20-7-6-14-8-12(10-19)2-4-16(14)20/h2-9H,10-11,19H2,1H3. The Morgan fingerprint density at radius 3 is 2.62 bits per heavy atom. The summed E-state index contributed by atoms with van der Waals surface area (Å²) in [5, 5.41) is 1.15. The Balaban J connectivity index is 1.93. The highest BCUT2D eigenvalue weighted by Crippen LogP contribution is 2.21. The van der Waals surface area contributed by atoms with Crippen LogP contribution in [0.5, 0.6) is 5.75 Å². The van der Waals surface area contributed by atoms with Crippen molar-refractivity contribution in [2.24, 2.45) is 5.73 Å². The first-order valence-corrected chi connectivity index (χ1v) is 6.81. The monoisotopic (exact) mass is 284 g/mol. The fourth-order valence-corrected chi connectivity index (χ4v) is 2.52. The number of methoxy groups -OCH3 is 1. The van der Waals surface area contributed by atoms with Gasteiger partial charge in [-0.2, -0.15) is 0 Å². The van der Waals surface area contributed by atoms with Crippen molar-refractivity contribution in [3.8, 4) is 5.75 Å². The van der Waals surface area contributed by atoms with Crippen LogP contribution >= 0.6 is 0 Å². The minimum absolute atomic E-state index is 0.267. The molecule has 0 bridgehead atoms. The molecule has 4 heteroatoms. The van der Waals surface area contributed by atoms with Crippen LogP contribution in [0.25, 0.3) is 10.9 Å². The third-order valence-electron chi connectivity index (χ3n) is 3.64. The molecule has 0 fully saturated rings. The highest BCUT2D eigenvalue weighted by molar-refractivity contribution is 5.81. The molecule has 21 heavy (non-hydrogen) atoms. The van der Waals surface area contributed by atoms with E-state index in [4.69, 9.17) is 10.5 Å². The van der Waals surface area contributed by atoms with Crippen molar-refractivity contribution in [2.45, 2.75) is 13.1 Å². The zero-order valence-electron chi connectivity index (χ0n) is 11.8. The number of benzene rings is 2. The molecular formula is C17H17FN2O. The van der Waals surface area contributed by atoms with Gasteiger partial charge in [-0.3, -0.25) is 0 Å². The lowest BCUT2D eigenvalue weighted by Gasteiger charge is -2.08. The summed E-state index contributed by atoms with van der Waals surface area (Å²) in [5.74, 6) is -0.0689. The summed E-state index contributed by atoms with van der Waals surface area (Å²) in [4.78, 5) is 0. The summed E-state index contributed by atoms with van der Waals surface area (Å²) in [6.45, 7) is 1.15. The molecule has 3 nitrogen and oxygen atoms in total. The third-order valence-corrected chi connectivity index (χ3v) is 3.64. The first-order valence-electron chi connectivity index (χ1n) is 6.81. The first kappa shape index (κ1) is 13.6. The molecule has 0 atom stereocenters. The van der Waals surface area contributed by atoms with Crippen molar-refractivity contribution < 1.29 is 9.13 Å². The predicted molar refractivity (Wildman–Crippen MR) is 81.9 cm³/mol. The summed E-state index contributed by atoms with van der Waals surface area (Å²) < 4.78 is 20.8. The Bertz CT molecular complexity index is 780.